The zero-order chi connectivity index (χ0) is 10.7. The number of halogens is 3. The van der Waals surface area contributed by atoms with Crippen LogP contribution in [0.1, 0.15) is 17.7 Å². The Hall–Kier alpha value is -1.77. The Balaban J connectivity index is 3.38. The third-order valence-corrected chi connectivity index (χ3v) is 1.53. The lowest BCUT2D eigenvalue weighted by molar-refractivity contribution is 0.140. The Morgan fingerprint density at radius 2 is 2.21 bits per heavy atom. The predicted octanol–water partition coefficient (Wildman–Crippen LogP) is 2.04. The SMILES string of the molecule is COc1c(C(F)F)ncc(C#N)c1F. The molecule has 0 bridgehead atoms. The van der Waals surface area contributed by atoms with Crippen molar-refractivity contribution in [3.05, 3.63) is 23.3 Å². The smallest absolute Gasteiger partial charge is 0.284 e. The molecule has 0 spiro atoms. The largest absolute Gasteiger partial charge is 0.492 e. The summed E-state index contributed by atoms with van der Waals surface area (Å²) in [6, 6.07) is 1.47. The normalized spacial score (nSPS) is 10.0. The highest BCUT2D eigenvalue weighted by atomic mass is 19.3. The minimum absolute atomic E-state index is 0.425. The Morgan fingerprint density at radius 3 is 2.64 bits per heavy atom. The third-order valence-electron chi connectivity index (χ3n) is 1.53. The van der Waals surface area contributed by atoms with Crippen molar-refractivity contribution in [2.24, 2.45) is 0 Å². The first-order chi connectivity index (χ1) is 6.61. The number of rotatable bonds is 2. The second-order valence-electron chi connectivity index (χ2n) is 2.32. The molecule has 0 amide bonds. The molecule has 0 N–H and O–H groups in total. The van der Waals surface area contributed by atoms with E-state index >= 15 is 0 Å². The fourth-order valence-corrected chi connectivity index (χ4v) is 0.912. The van der Waals surface area contributed by atoms with Crippen molar-refractivity contribution in [1.29, 1.82) is 5.26 Å². The molecule has 0 aliphatic rings. The van der Waals surface area contributed by atoms with Gasteiger partial charge in [0.25, 0.3) is 6.43 Å². The molecular formula is C8H5F3N2O. The van der Waals surface area contributed by atoms with Crippen molar-refractivity contribution >= 4 is 0 Å². The monoisotopic (exact) mass is 202 g/mol. The van der Waals surface area contributed by atoms with Crippen LogP contribution < -0.4 is 4.74 Å². The van der Waals surface area contributed by atoms with Gasteiger partial charge in [-0.1, -0.05) is 0 Å². The van der Waals surface area contributed by atoms with Crippen LogP contribution in [0.2, 0.25) is 0 Å². The fourth-order valence-electron chi connectivity index (χ4n) is 0.912. The molecule has 1 aromatic heterocycles. The molecule has 0 unspecified atom stereocenters. The minimum atomic E-state index is -2.94. The van der Waals surface area contributed by atoms with Gasteiger partial charge >= 0.3 is 0 Å². The standard InChI is InChI=1S/C8H5F3N2O/c1-14-7-5(9)4(2-12)3-13-6(7)8(10)11/h3,8H,1H3. The molecule has 1 rings (SSSR count). The van der Waals surface area contributed by atoms with Crippen molar-refractivity contribution in [1.82, 2.24) is 4.98 Å². The molecule has 0 aliphatic heterocycles. The topological polar surface area (TPSA) is 45.9 Å². The highest BCUT2D eigenvalue weighted by Gasteiger charge is 2.21. The number of nitrogens with zero attached hydrogens (tertiary/aromatic N) is 2. The van der Waals surface area contributed by atoms with Crippen LogP contribution in [0.5, 0.6) is 5.75 Å². The van der Waals surface area contributed by atoms with Crippen molar-refractivity contribution < 1.29 is 17.9 Å². The Labute approximate surface area is 77.7 Å². The minimum Gasteiger partial charge on any atom is -0.492 e. The quantitative estimate of drug-likeness (QED) is 0.737. The van der Waals surface area contributed by atoms with E-state index in [1.807, 2.05) is 0 Å². The Kier molecular flexibility index (Phi) is 2.92. The van der Waals surface area contributed by atoms with E-state index in [-0.39, 0.29) is 0 Å². The van der Waals surface area contributed by atoms with Crippen molar-refractivity contribution in [2.45, 2.75) is 6.43 Å². The van der Waals surface area contributed by atoms with Crippen molar-refractivity contribution in [2.75, 3.05) is 7.11 Å². The van der Waals surface area contributed by atoms with Crippen LogP contribution in [-0.4, -0.2) is 12.1 Å². The molecule has 0 fully saturated rings. The molecule has 0 aliphatic carbocycles. The number of ether oxygens (including phenoxy) is 1. The van der Waals surface area contributed by atoms with Gasteiger partial charge in [0.05, 0.1) is 7.11 Å². The molecule has 1 heterocycles. The van der Waals surface area contributed by atoms with Gasteiger partial charge in [0.15, 0.2) is 17.3 Å². The molecule has 14 heavy (non-hydrogen) atoms. The van der Waals surface area contributed by atoms with Crippen LogP contribution in [-0.2, 0) is 0 Å². The van der Waals surface area contributed by atoms with Gasteiger partial charge in [0.1, 0.15) is 11.6 Å². The molecule has 0 atom stereocenters. The summed E-state index contributed by atoms with van der Waals surface area (Å²) >= 11 is 0. The molecular weight excluding hydrogens is 197 g/mol. The second kappa shape index (κ2) is 3.96. The van der Waals surface area contributed by atoms with Gasteiger partial charge in [-0.25, -0.2) is 18.2 Å². The van der Waals surface area contributed by atoms with E-state index in [9.17, 15) is 13.2 Å². The van der Waals surface area contributed by atoms with E-state index in [1.165, 1.54) is 6.07 Å². The maximum atomic E-state index is 13.2. The van der Waals surface area contributed by atoms with Crippen LogP contribution in [0.3, 0.4) is 0 Å². The molecule has 0 radical (unpaired) electrons. The summed E-state index contributed by atoms with van der Waals surface area (Å²) in [6.45, 7) is 0. The highest BCUT2D eigenvalue weighted by molar-refractivity contribution is 5.40. The zero-order valence-electron chi connectivity index (χ0n) is 7.09. The van der Waals surface area contributed by atoms with Crippen LogP contribution >= 0.6 is 0 Å². The van der Waals surface area contributed by atoms with Gasteiger partial charge in [0.2, 0.25) is 0 Å². The summed E-state index contributed by atoms with van der Waals surface area (Å²) < 4.78 is 42.1. The van der Waals surface area contributed by atoms with Gasteiger partial charge in [-0.2, -0.15) is 5.26 Å². The molecule has 0 aromatic carbocycles. The zero-order valence-corrected chi connectivity index (χ0v) is 7.09. The maximum absolute atomic E-state index is 13.2. The number of nitriles is 1. The average Bonchev–Trinajstić information content (AvgIpc) is 2.17. The van der Waals surface area contributed by atoms with Gasteiger partial charge in [-0.05, 0) is 0 Å². The van der Waals surface area contributed by atoms with Gasteiger partial charge < -0.3 is 4.74 Å². The number of pyridine rings is 1. The molecule has 3 nitrogen and oxygen atoms in total. The summed E-state index contributed by atoms with van der Waals surface area (Å²) in [4.78, 5) is 3.24. The van der Waals surface area contributed by atoms with E-state index in [2.05, 4.69) is 9.72 Å². The fraction of sp³-hybridized carbons (Fsp3) is 0.250. The van der Waals surface area contributed by atoms with Crippen molar-refractivity contribution in [3.63, 3.8) is 0 Å². The summed E-state index contributed by atoms with van der Waals surface area (Å²) in [5.41, 5.74) is -1.23. The van der Waals surface area contributed by atoms with Gasteiger partial charge in [-0.15, -0.1) is 0 Å². The first-order valence-corrected chi connectivity index (χ1v) is 3.52. The summed E-state index contributed by atoms with van der Waals surface area (Å²) in [5, 5.41) is 8.39. The molecule has 0 saturated heterocycles. The number of hydrogen-bond donors (Lipinski definition) is 0. The maximum Gasteiger partial charge on any atom is 0.284 e. The molecule has 1 aromatic rings. The summed E-state index contributed by atoms with van der Waals surface area (Å²) in [6.07, 6.45) is -2.19. The molecule has 74 valence electrons. The molecule has 6 heteroatoms. The highest BCUT2D eigenvalue weighted by Crippen LogP contribution is 2.30. The van der Waals surface area contributed by atoms with E-state index in [0.717, 1.165) is 13.3 Å². The van der Waals surface area contributed by atoms with E-state index in [4.69, 9.17) is 5.26 Å². The average molecular weight is 202 g/mol. The first kappa shape index (κ1) is 10.3. The van der Waals surface area contributed by atoms with Gasteiger partial charge in [0, 0.05) is 6.20 Å². The van der Waals surface area contributed by atoms with E-state index < -0.39 is 29.2 Å². The van der Waals surface area contributed by atoms with E-state index in [1.54, 1.807) is 0 Å². The Bertz CT molecular complexity index is 387. The number of alkyl halides is 2. The Morgan fingerprint density at radius 1 is 1.57 bits per heavy atom. The number of hydrogen-bond acceptors (Lipinski definition) is 3. The lowest BCUT2D eigenvalue weighted by atomic mass is 10.2. The van der Waals surface area contributed by atoms with Crippen LogP contribution in [0.4, 0.5) is 13.2 Å². The predicted molar refractivity (Wildman–Crippen MR) is 40.4 cm³/mol. The van der Waals surface area contributed by atoms with Gasteiger partial charge in [-0.3, -0.25) is 0 Å². The molecule has 0 saturated carbocycles. The third kappa shape index (κ3) is 1.62. The summed E-state index contributed by atoms with van der Waals surface area (Å²) in [5.74, 6) is -1.79. The van der Waals surface area contributed by atoms with Crippen LogP contribution in [0, 0.1) is 17.1 Å². The van der Waals surface area contributed by atoms with Crippen LogP contribution in [0.15, 0.2) is 6.20 Å². The summed E-state index contributed by atoms with van der Waals surface area (Å²) in [7, 11) is 1.03. The lowest BCUT2D eigenvalue weighted by Crippen LogP contribution is -2.01. The second-order valence-corrected chi connectivity index (χ2v) is 2.32. The van der Waals surface area contributed by atoms with E-state index in [0.29, 0.717) is 0 Å². The number of methoxy groups -OCH3 is 1. The van der Waals surface area contributed by atoms with Crippen molar-refractivity contribution in [3.8, 4) is 11.8 Å². The lowest BCUT2D eigenvalue weighted by Gasteiger charge is -2.07. The van der Waals surface area contributed by atoms with Crippen LogP contribution in [0.25, 0.3) is 0 Å². The number of aromatic nitrogens is 1. The first-order valence-electron chi connectivity index (χ1n) is 3.52.